The molecule has 0 bridgehead atoms. The number of nitro benzene ring substituents is 2. The molecule has 24 nitrogen and oxygen atoms in total. The molecule has 0 aliphatic carbocycles. The Bertz CT molecular complexity index is 2640. The van der Waals surface area contributed by atoms with E-state index in [9.17, 15) is 66.3 Å². The summed E-state index contributed by atoms with van der Waals surface area (Å²) in [4.78, 5) is 31.9. The molecule has 6 rings (SSSR count). The zero-order valence-electron chi connectivity index (χ0n) is 29.7. The second-order valence-corrected chi connectivity index (χ2v) is 14.6. The van der Waals surface area contributed by atoms with Crippen molar-refractivity contribution in [2.75, 3.05) is 10.0 Å². The summed E-state index contributed by atoms with van der Waals surface area (Å²) >= 11 is 0. The minimum absolute atomic E-state index is 0. The fraction of sp³-hybridized carbons (Fsp3) is 0.156. The summed E-state index contributed by atoms with van der Waals surface area (Å²) in [6, 6.07) is 12.8. The molecule has 0 saturated carbocycles. The van der Waals surface area contributed by atoms with Gasteiger partial charge in [-0.1, -0.05) is 23.6 Å². The van der Waals surface area contributed by atoms with Gasteiger partial charge >= 0.3 is 16.8 Å². The Labute approximate surface area is 342 Å². The van der Waals surface area contributed by atoms with E-state index in [-0.39, 0.29) is 62.3 Å². The van der Waals surface area contributed by atoms with Crippen molar-refractivity contribution in [3.05, 3.63) is 105 Å². The van der Waals surface area contributed by atoms with Crippen LogP contribution in [0, 0.1) is 20.2 Å². The second kappa shape index (κ2) is 17.9. The first-order valence-corrected chi connectivity index (χ1v) is 18.7. The fourth-order valence-electron chi connectivity index (χ4n) is 5.00. The topological polar surface area (TPSA) is 368 Å². The van der Waals surface area contributed by atoms with Crippen LogP contribution in [-0.4, -0.2) is 71.4 Å². The molecule has 1 amide bonds. The predicted octanol–water partition coefficient (Wildman–Crippen LogP) is 2.05. The number of rotatable bonds is 10. The van der Waals surface area contributed by atoms with Crippen LogP contribution in [0.5, 0.6) is 11.5 Å². The molecule has 3 atom stereocenters. The van der Waals surface area contributed by atoms with Crippen molar-refractivity contribution in [2.24, 2.45) is 30.7 Å². The molecule has 308 valence electrons. The molecular weight excluding hydrogens is 871 g/mol. The molecule has 59 heavy (non-hydrogen) atoms. The molecule has 27 heteroatoms. The van der Waals surface area contributed by atoms with Gasteiger partial charge in [-0.25, -0.2) is 16.8 Å². The van der Waals surface area contributed by atoms with Gasteiger partial charge < -0.3 is 24.4 Å². The number of anilines is 2. The van der Waals surface area contributed by atoms with Crippen molar-refractivity contribution in [1.29, 1.82) is 0 Å². The summed E-state index contributed by atoms with van der Waals surface area (Å²) in [6.07, 6.45) is -1.58. The maximum atomic E-state index is 12.7. The first-order chi connectivity index (χ1) is 27.1. The van der Waals surface area contributed by atoms with Crippen molar-refractivity contribution in [3.8, 4) is 11.5 Å². The smallest absolute Gasteiger partial charge is 0.871 e. The molecule has 0 N–H and O–H groups in total. The number of carbonyl (C=O) groups excluding carboxylic acids is 1. The summed E-state index contributed by atoms with van der Waals surface area (Å²) in [5.41, 5.74) is -0.357. The van der Waals surface area contributed by atoms with Crippen molar-refractivity contribution < 1.29 is 72.7 Å². The van der Waals surface area contributed by atoms with E-state index in [1.54, 1.807) is 0 Å². The zero-order chi connectivity index (χ0) is 42.7. The Morgan fingerprint density at radius 3 is 1.54 bits per heavy atom. The average Bonchev–Trinajstić information content (AvgIpc) is 3.61. The van der Waals surface area contributed by atoms with Gasteiger partial charge in [-0.2, -0.15) is 35.7 Å². The largest absolute Gasteiger partial charge is 3.00 e. The quantitative estimate of drug-likeness (QED) is 0.0951. The predicted molar refractivity (Wildman–Crippen MR) is 190 cm³/mol. The van der Waals surface area contributed by atoms with E-state index in [1.807, 2.05) is 0 Å². The number of carbonyl (C=O) groups is 1. The van der Waals surface area contributed by atoms with E-state index in [0.717, 1.165) is 70.7 Å². The van der Waals surface area contributed by atoms with Crippen LogP contribution >= 0.6 is 0 Å². The number of non-ortho nitro benzene ring substituents is 2. The van der Waals surface area contributed by atoms with E-state index >= 15 is 0 Å². The average molecular weight is 895 g/mol. The van der Waals surface area contributed by atoms with Gasteiger partial charge in [0.05, 0.1) is 53.8 Å². The number of azo groups is 2. The normalized spacial score (nSPS) is 18.0. The first-order valence-electron chi connectivity index (χ1n) is 15.9. The van der Waals surface area contributed by atoms with Gasteiger partial charge in [-0.3, -0.25) is 30.0 Å². The molecule has 2 heterocycles. The van der Waals surface area contributed by atoms with Crippen molar-refractivity contribution in [2.45, 2.75) is 42.0 Å². The zero-order valence-corrected chi connectivity index (χ0v) is 32.3. The van der Waals surface area contributed by atoms with Crippen LogP contribution in [0.2, 0.25) is 0 Å². The van der Waals surface area contributed by atoms with Gasteiger partial charge in [-0.05, 0) is 62.4 Å². The van der Waals surface area contributed by atoms with Gasteiger partial charge in [0.2, 0.25) is 0 Å². The van der Waals surface area contributed by atoms with Gasteiger partial charge in [0.15, 0.2) is 6.04 Å². The van der Waals surface area contributed by atoms with Crippen LogP contribution in [0.25, 0.3) is 0 Å². The molecule has 0 radical (unpaired) electrons. The first kappa shape index (κ1) is 45.1. The molecule has 0 aromatic heterocycles. The summed E-state index contributed by atoms with van der Waals surface area (Å²) in [5, 5.41) is 82.9. The number of nitro groups is 2. The Morgan fingerprint density at radius 2 is 1.10 bits per heavy atom. The van der Waals surface area contributed by atoms with E-state index < -0.39 is 75.6 Å². The molecule has 2 aliphatic heterocycles. The van der Waals surface area contributed by atoms with Crippen LogP contribution in [0.1, 0.15) is 13.8 Å². The number of hydrogen-bond acceptors (Lipinski definition) is 21. The molecule has 0 spiro atoms. The van der Waals surface area contributed by atoms with E-state index in [1.165, 1.54) is 38.1 Å². The number of hydrazone groups is 2. The Hall–Kier alpha value is -6.62. The molecule has 4 aromatic rings. The summed E-state index contributed by atoms with van der Waals surface area (Å²) < 4.78 is 65.9. The number of nitrogens with zero attached hydrogens (tertiary/aromatic N) is 10. The number of hydrogen-bond donors (Lipinski definition) is 0. The van der Waals surface area contributed by atoms with Crippen molar-refractivity contribution in [1.82, 2.24) is 0 Å². The number of amides is 1. The Morgan fingerprint density at radius 1 is 0.661 bits per heavy atom. The van der Waals surface area contributed by atoms with Gasteiger partial charge in [0.1, 0.15) is 26.3 Å². The molecular formula is C32H23CoN10O14S2-2. The van der Waals surface area contributed by atoms with Crippen LogP contribution < -0.4 is 25.3 Å². The Balaban J connectivity index is 0.000000256. The maximum Gasteiger partial charge on any atom is 3.00 e. The third-order valence-electron chi connectivity index (χ3n) is 7.94. The van der Waals surface area contributed by atoms with Crippen molar-refractivity contribution >= 4 is 71.7 Å². The molecule has 0 saturated heterocycles. The van der Waals surface area contributed by atoms with Gasteiger partial charge in [0.25, 0.3) is 17.3 Å². The SMILES string of the molecule is CC1=NN(c2ccc(S(=O)(=O)[O-])cc2)C(=O)C1N=Nc1cc([N+](=O)[O-])ccc1[O-].CC1=NN(c2ccc(S(=O)(=O)[O-])cc2)C([O-])C1N=Nc1cc([N+](=O)[O-])ccc1[O-].[Co+3]. The minimum atomic E-state index is -4.63. The summed E-state index contributed by atoms with van der Waals surface area (Å²) in [6.45, 7) is 3.00. The molecule has 2 aliphatic rings. The van der Waals surface area contributed by atoms with E-state index in [4.69, 9.17) is 0 Å². The molecule has 0 fully saturated rings. The summed E-state index contributed by atoms with van der Waals surface area (Å²) in [5.74, 6) is -1.84. The third kappa shape index (κ3) is 10.5. The Kier molecular flexibility index (Phi) is 13.7. The standard InChI is InChI=1S/C16H14N5O7S.C16H13N5O7S.Co/c2*1-9-15(18-17-13-8-11(21(24)25)4-7-14(13)22)16(23)20(19-9)10-2-5-12(6-3-10)29(26,27)28;/h2-8,15-16,22H,1H3,(H,26,27,28);2-8,15,22H,1H3,(H,26,27,28);/q-1;;+3/p-4. The van der Waals surface area contributed by atoms with Crippen LogP contribution in [-0.2, 0) is 41.8 Å². The van der Waals surface area contributed by atoms with Crippen LogP contribution in [0.15, 0.2) is 125 Å². The molecule has 3 unspecified atom stereocenters. The monoisotopic (exact) mass is 894 g/mol. The summed E-state index contributed by atoms with van der Waals surface area (Å²) in [7, 11) is -9.26. The third-order valence-corrected chi connectivity index (χ3v) is 9.64. The minimum Gasteiger partial charge on any atom is -0.871 e. The van der Waals surface area contributed by atoms with Crippen molar-refractivity contribution in [3.63, 3.8) is 0 Å². The van der Waals surface area contributed by atoms with Crippen LogP contribution in [0.4, 0.5) is 34.1 Å². The number of benzene rings is 4. The molecule has 4 aromatic carbocycles. The second-order valence-electron chi connectivity index (χ2n) is 11.9. The van der Waals surface area contributed by atoms with E-state index in [2.05, 4.69) is 30.7 Å². The van der Waals surface area contributed by atoms with E-state index in [0.29, 0.717) is 0 Å². The fourth-order valence-corrected chi connectivity index (χ4v) is 5.94. The van der Waals surface area contributed by atoms with Gasteiger partial charge in [0, 0.05) is 30.5 Å². The maximum absolute atomic E-state index is 12.7. The van der Waals surface area contributed by atoms with Crippen LogP contribution in [0.3, 0.4) is 0 Å². The van der Waals surface area contributed by atoms with Gasteiger partial charge in [-0.15, -0.1) is 0 Å².